The second-order valence-corrected chi connectivity index (χ2v) is 2.96. The molecule has 0 radical (unpaired) electrons. The summed E-state index contributed by atoms with van der Waals surface area (Å²) in [5.41, 5.74) is 7.77. The van der Waals surface area contributed by atoms with Crippen LogP contribution < -0.4 is 5.73 Å². The second kappa shape index (κ2) is 4.62. The van der Waals surface area contributed by atoms with Crippen LogP contribution >= 0.6 is 0 Å². The van der Waals surface area contributed by atoms with Crippen LogP contribution in [0.25, 0.3) is 0 Å². The van der Waals surface area contributed by atoms with E-state index in [9.17, 15) is 4.79 Å². The van der Waals surface area contributed by atoms with Crippen molar-refractivity contribution in [2.24, 2.45) is 5.73 Å². The van der Waals surface area contributed by atoms with E-state index in [0.29, 0.717) is 12.9 Å². The number of rotatable bonds is 4. The number of aryl methyl sites for hydroxylation is 1. The molecule has 0 aliphatic heterocycles. The standard InChI is InChI=1S/C10H13NO2/c1-8-2-4-9(5-3-8)6-10(11)13-7-12/h2-5,7,10H,6,11H2,1H3/t10-/m1/s1. The SMILES string of the molecule is Cc1ccc(C[C@H](N)OC=O)cc1. The fourth-order valence-corrected chi connectivity index (χ4v) is 1.08. The summed E-state index contributed by atoms with van der Waals surface area (Å²) in [4.78, 5) is 9.96. The molecule has 0 fully saturated rings. The van der Waals surface area contributed by atoms with E-state index < -0.39 is 6.23 Å². The molecular formula is C10H13NO2. The Morgan fingerprint density at radius 1 is 1.46 bits per heavy atom. The first kappa shape index (κ1) is 9.74. The van der Waals surface area contributed by atoms with E-state index in [1.54, 1.807) is 0 Å². The monoisotopic (exact) mass is 179 g/mol. The summed E-state index contributed by atoms with van der Waals surface area (Å²) in [6.45, 7) is 2.39. The average Bonchev–Trinajstić information content (AvgIpc) is 2.09. The summed E-state index contributed by atoms with van der Waals surface area (Å²) in [6.07, 6.45) is 0.0131. The normalized spacial score (nSPS) is 12.2. The maximum atomic E-state index is 9.96. The van der Waals surface area contributed by atoms with E-state index in [-0.39, 0.29) is 0 Å². The molecule has 0 bridgehead atoms. The van der Waals surface area contributed by atoms with Crippen molar-refractivity contribution in [3.63, 3.8) is 0 Å². The van der Waals surface area contributed by atoms with E-state index in [2.05, 4.69) is 4.74 Å². The molecule has 0 aliphatic rings. The molecule has 0 amide bonds. The average molecular weight is 179 g/mol. The quantitative estimate of drug-likeness (QED) is 0.554. The summed E-state index contributed by atoms with van der Waals surface area (Å²) >= 11 is 0. The van der Waals surface area contributed by atoms with Gasteiger partial charge in [0.2, 0.25) is 0 Å². The predicted molar refractivity (Wildman–Crippen MR) is 50.0 cm³/mol. The molecule has 2 N–H and O–H groups in total. The van der Waals surface area contributed by atoms with Gasteiger partial charge in [-0.1, -0.05) is 29.8 Å². The number of ether oxygens (including phenoxy) is 1. The molecule has 3 heteroatoms. The molecule has 3 nitrogen and oxygen atoms in total. The lowest BCUT2D eigenvalue weighted by atomic mass is 10.1. The van der Waals surface area contributed by atoms with Crippen LogP contribution in [0.3, 0.4) is 0 Å². The van der Waals surface area contributed by atoms with E-state index in [0.717, 1.165) is 5.56 Å². The molecule has 1 rings (SSSR count). The van der Waals surface area contributed by atoms with E-state index in [1.165, 1.54) is 5.56 Å². The molecule has 0 aliphatic carbocycles. The Kier molecular flexibility index (Phi) is 3.46. The lowest BCUT2D eigenvalue weighted by molar-refractivity contribution is -0.133. The van der Waals surface area contributed by atoms with Crippen molar-refractivity contribution < 1.29 is 9.53 Å². The minimum absolute atomic E-state index is 0.374. The van der Waals surface area contributed by atoms with Gasteiger partial charge in [0.15, 0.2) is 6.23 Å². The second-order valence-electron chi connectivity index (χ2n) is 2.96. The van der Waals surface area contributed by atoms with Gasteiger partial charge < -0.3 is 4.74 Å². The first-order valence-electron chi connectivity index (χ1n) is 4.12. The van der Waals surface area contributed by atoms with Crippen molar-refractivity contribution in [3.8, 4) is 0 Å². The van der Waals surface area contributed by atoms with Crippen molar-refractivity contribution in [2.45, 2.75) is 19.6 Å². The maximum Gasteiger partial charge on any atom is 0.294 e. The Morgan fingerprint density at radius 3 is 2.62 bits per heavy atom. The summed E-state index contributed by atoms with van der Waals surface area (Å²) in [5.74, 6) is 0. The number of hydrogen-bond donors (Lipinski definition) is 1. The lowest BCUT2D eigenvalue weighted by Gasteiger charge is -2.08. The van der Waals surface area contributed by atoms with Crippen LogP contribution in [0, 0.1) is 6.92 Å². The van der Waals surface area contributed by atoms with Crippen LogP contribution in [0.15, 0.2) is 24.3 Å². The van der Waals surface area contributed by atoms with Crippen LogP contribution in [0.1, 0.15) is 11.1 Å². The van der Waals surface area contributed by atoms with Crippen molar-refractivity contribution in [2.75, 3.05) is 0 Å². The molecule has 1 aromatic carbocycles. The number of nitrogens with two attached hydrogens (primary N) is 1. The van der Waals surface area contributed by atoms with Gasteiger partial charge in [-0.15, -0.1) is 0 Å². The molecule has 13 heavy (non-hydrogen) atoms. The number of hydrogen-bond acceptors (Lipinski definition) is 3. The van der Waals surface area contributed by atoms with Gasteiger partial charge in [-0.3, -0.25) is 10.5 Å². The zero-order valence-electron chi connectivity index (χ0n) is 7.57. The largest absolute Gasteiger partial charge is 0.449 e. The Labute approximate surface area is 77.5 Å². The molecule has 0 spiro atoms. The van der Waals surface area contributed by atoms with Crippen LogP contribution in [0.2, 0.25) is 0 Å². The fraction of sp³-hybridized carbons (Fsp3) is 0.300. The lowest BCUT2D eigenvalue weighted by Crippen LogP contribution is -2.25. The van der Waals surface area contributed by atoms with Crippen LogP contribution in [0.4, 0.5) is 0 Å². The smallest absolute Gasteiger partial charge is 0.294 e. The molecule has 0 saturated heterocycles. The van der Waals surface area contributed by atoms with Crippen molar-refractivity contribution in [3.05, 3.63) is 35.4 Å². The van der Waals surface area contributed by atoms with Crippen molar-refractivity contribution >= 4 is 6.47 Å². The summed E-state index contributed by atoms with van der Waals surface area (Å²) in [6, 6.07) is 7.96. The Morgan fingerprint density at radius 2 is 2.08 bits per heavy atom. The third-order valence-electron chi connectivity index (χ3n) is 1.79. The first-order valence-corrected chi connectivity index (χ1v) is 4.12. The molecule has 0 aromatic heterocycles. The van der Waals surface area contributed by atoms with E-state index in [4.69, 9.17) is 5.73 Å². The van der Waals surface area contributed by atoms with Gasteiger partial charge in [0, 0.05) is 6.42 Å². The van der Waals surface area contributed by atoms with E-state index >= 15 is 0 Å². The highest BCUT2D eigenvalue weighted by atomic mass is 16.5. The van der Waals surface area contributed by atoms with Gasteiger partial charge in [-0.05, 0) is 12.5 Å². The minimum atomic E-state index is -0.541. The maximum absolute atomic E-state index is 9.96. The summed E-state index contributed by atoms with van der Waals surface area (Å²) in [7, 11) is 0. The number of carbonyl (C=O) groups excluding carboxylic acids is 1. The Balaban J connectivity index is 2.53. The zero-order valence-corrected chi connectivity index (χ0v) is 7.57. The fourth-order valence-electron chi connectivity index (χ4n) is 1.08. The van der Waals surface area contributed by atoms with Crippen LogP contribution in [0.5, 0.6) is 0 Å². The van der Waals surface area contributed by atoms with Gasteiger partial charge in [0.1, 0.15) is 0 Å². The zero-order chi connectivity index (χ0) is 9.68. The molecule has 1 aromatic rings. The van der Waals surface area contributed by atoms with Crippen molar-refractivity contribution in [1.29, 1.82) is 0 Å². The highest BCUT2D eigenvalue weighted by Crippen LogP contribution is 2.05. The van der Waals surface area contributed by atoms with Crippen LogP contribution in [-0.4, -0.2) is 12.7 Å². The molecular weight excluding hydrogens is 166 g/mol. The van der Waals surface area contributed by atoms with Gasteiger partial charge in [0.05, 0.1) is 0 Å². The first-order chi connectivity index (χ1) is 6.22. The van der Waals surface area contributed by atoms with Gasteiger partial charge >= 0.3 is 0 Å². The Hall–Kier alpha value is -1.35. The number of benzene rings is 1. The highest BCUT2D eigenvalue weighted by Gasteiger charge is 2.02. The Bertz CT molecular complexity index is 269. The molecule has 0 heterocycles. The number of carbonyl (C=O) groups is 1. The summed E-state index contributed by atoms with van der Waals surface area (Å²) < 4.78 is 4.57. The molecule has 70 valence electrons. The minimum Gasteiger partial charge on any atom is -0.449 e. The van der Waals surface area contributed by atoms with Gasteiger partial charge in [-0.2, -0.15) is 0 Å². The third kappa shape index (κ3) is 3.25. The van der Waals surface area contributed by atoms with Gasteiger partial charge in [-0.25, -0.2) is 0 Å². The van der Waals surface area contributed by atoms with Crippen LogP contribution in [-0.2, 0) is 16.0 Å². The topological polar surface area (TPSA) is 52.3 Å². The summed E-state index contributed by atoms with van der Waals surface area (Å²) in [5, 5.41) is 0. The van der Waals surface area contributed by atoms with Crippen molar-refractivity contribution in [1.82, 2.24) is 0 Å². The molecule has 0 saturated carbocycles. The third-order valence-corrected chi connectivity index (χ3v) is 1.79. The highest BCUT2D eigenvalue weighted by molar-refractivity contribution is 5.37. The van der Waals surface area contributed by atoms with E-state index in [1.807, 2.05) is 31.2 Å². The molecule has 0 unspecified atom stereocenters. The predicted octanol–water partition coefficient (Wildman–Crippen LogP) is 0.995. The van der Waals surface area contributed by atoms with Gasteiger partial charge in [0.25, 0.3) is 6.47 Å². The molecule has 1 atom stereocenters.